The summed E-state index contributed by atoms with van der Waals surface area (Å²) in [6.45, 7) is -0.624. The predicted octanol–water partition coefficient (Wildman–Crippen LogP) is 3.87. The molecule has 0 unspecified atom stereocenters. The molecule has 0 bridgehead atoms. The molecular formula is C17H12F4N2O2S. The zero-order chi connectivity index (χ0) is 18.9. The fraction of sp³-hybridized carbons (Fsp3) is 0.118. The molecule has 0 atom stereocenters. The van der Waals surface area contributed by atoms with Crippen molar-refractivity contribution in [2.45, 2.75) is 17.6 Å². The molecule has 1 N–H and O–H groups in total. The van der Waals surface area contributed by atoms with Gasteiger partial charge in [-0.05, 0) is 18.2 Å². The van der Waals surface area contributed by atoms with Crippen LogP contribution < -0.4 is 4.72 Å². The molecule has 0 aliphatic heterocycles. The number of benzene rings is 2. The molecule has 9 heteroatoms. The number of sulfonamides is 1. The van der Waals surface area contributed by atoms with Gasteiger partial charge in [-0.15, -0.1) is 0 Å². The number of fused-ring (bicyclic) bond motifs is 1. The molecule has 4 nitrogen and oxygen atoms in total. The second kappa shape index (κ2) is 6.65. The van der Waals surface area contributed by atoms with Gasteiger partial charge in [0.15, 0.2) is 0 Å². The van der Waals surface area contributed by atoms with E-state index in [4.69, 9.17) is 0 Å². The molecule has 0 amide bonds. The number of halogens is 4. The Bertz CT molecular complexity index is 1060. The van der Waals surface area contributed by atoms with Crippen LogP contribution in [0.1, 0.15) is 11.1 Å². The summed E-state index contributed by atoms with van der Waals surface area (Å²) in [6.07, 6.45) is -3.44. The minimum atomic E-state index is -4.86. The van der Waals surface area contributed by atoms with Crippen molar-refractivity contribution in [1.82, 2.24) is 9.71 Å². The summed E-state index contributed by atoms with van der Waals surface area (Å²) in [7, 11) is -4.11. The predicted molar refractivity (Wildman–Crippen MR) is 87.2 cm³/mol. The summed E-state index contributed by atoms with van der Waals surface area (Å²) in [6, 6.07) is 10.5. The normalized spacial score (nSPS) is 12.5. The van der Waals surface area contributed by atoms with Gasteiger partial charge in [0.25, 0.3) is 0 Å². The number of hydrogen-bond acceptors (Lipinski definition) is 3. The first-order chi connectivity index (χ1) is 12.2. The SMILES string of the molecule is O=S(=O)(NCc1cccc(C(F)(F)F)c1F)c1cccc2cccnc12. The highest BCUT2D eigenvalue weighted by molar-refractivity contribution is 7.89. The molecule has 0 aliphatic rings. The van der Waals surface area contributed by atoms with Crippen molar-refractivity contribution in [2.75, 3.05) is 0 Å². The zero-order valence-corrected chi connectivity index (χ0v) is 13.9. The van der Waals surface area contributed by atoms with E-state index in [1.807, 2.05) is 0 Å². The van der Waals surface area contributed by atoms with Gasteiger partial charge in [-0.3, -0.25) is 4.98 Å². The largest absolute Gasteiger partial charge is 0.419 e. The molecule has 136 valence electrons. The maximum Gasteiger partial charge on any atom is 0.419 e. The number of rotatable bonds is 4. The van der Waals surface area contributed by atoms with E-state index in [-0.39, 0.29) is 10.4 Å². The van der Waals surface area contributed by atoms with Crippen LogP contribution in [0.2, 0.25) is 0 Å². The molecule has 0 aliphatic carbocycles. The fourth-order valence-corrected chi connectivity index (χ4v) is 3.66. The highest BCUT2D eigenvalue weighted by Gasteiger charge is 2.34. The highest BCUT2D eigenvalue weighted by Crippen LogP contribution is 2.32. The van der Waals surface area contributed by atoms with Crippen LogP contribution in [0.15, 0.2) is 59.6 Å². The molecule has 2 aromatic carbocycles. The smallest absolute Gasteiger partial charge is 0.255 e. The average molecular weight is 384 g/mol. The zero-order valence-electron chi connectivity index (χ0n) is 13.1. The lowest BCUT2D eigenvalue weighted by atomic mass is 10.1. The van der Waals surface area contributed by atoms with Gasteiger partial charge >= 0.3 is 6.18 Å². The third-order valence-corrected chi connectivity index (χ3v) is 5.15. The summed E-state index contributed by atoms with van der Waals surface area (Å²) in [5, 5.41) is 0.584. The van der Waals surface area contributed by atoms with Crippen molar-refractivity contribution in [1.29, 1.82) is 0 Å². The van der Waals surface area contributed by atoms with E-state index < -0.39 is 39.7 Å². The minimum absolute atomic E-state index is 0.136. The first kappa shape index (κ1) is 18.3. The van der Waals surface area contributed by atoms with E-state index in [1.165, 1.54) is 18.3 Å². The van der Waals surface area contributed by atoms with Crippen LogP contribution in [0.4, 0.5) is 17.6 Å². The molecule has 0 saturated heterocycles. The first-order valence-corrected chi connectivity index (χ1v) is 8.86. The first-order valence-electron chi connectivity index (χ1n) is 7.38. The van der Waals surface area contributed by atoms with Crippen LogP contribution in [0, 0.1) is 5.82 Å². The molecule has 0 spiro atoms. The topological polar surface area (TPSA) is 59.1 Å². The number of para-hydroxylation sites is 1. The van der Waals surface area contributed by atoms with Crippen LogP contribution in [0.3, 0.4) is 0 Å². The molecule has 0 radical (unpaired) electrons. The summed E-state index contributed by atoms with van der Waals surface area (Å²) < 4.78 is 79.5. The Hall–Kier alpha value is -2.52. The molecule has 3 rings (SSSR count). The van der Waals surface area contributed by atoms with Crippen molar-refractivity contribution in [3.05, 3.63) is 71.7 Å². The highest BCUT2D eigenvalue weighted by atomic mass is 32.2. The second-order valence-corrected chi connectivity index (χ2v) is 7.17. The van der Waals surface area contributed by atoms with Crippen molar-refractivity contribution >= 4 is 20.9 Å². The lowest BCUT2D eigenvalue weighted by Gasteiger charge is -2.12. The van der Waals surface area contributed by atoms with E-state index in [0.29, 0.717) is 11.5 Å². The van der Waals surface area contributed by atoms with Gasteiger partial charge in [0, 0.05) is 23.7 Å². The molecule has 0 fully saturated rings. The minimum Gasteiger partial charge on any atom is -0.255 e. The maximum absolute atomic E-state index is 14.0. The summed E-state index contributed by atoms with van der Waals surface area (Å²) in [5.74, 6) is -1.50. The number of nitrogens with one attached hydrogen (secondary N) is 1. The standard InChI is InChI=1S/C17H12F4N2O2S/c18-15-12(5-1-7-13(15)17(19,20)21)10-23-26(24,25)14-8-2-4-11-6-3-9-22-16(11)14/h1-9,23H,10H2. The van der Waals surface area contributed by atoms with Crippen LogP contribution in [-0.4, -0.2) is 13.4 Å². The maximum atomic E-state index is 14.0. The second-order valence-electron chi connectivity index (χ2n) is 5.43. The summed E-state index contributed by atoms with van der Waals surface area (Å²) >= 11 is 0. The Morgan fingerprint density at radius 2 is 1.69 bits per heavy atom. The Morgan fingerprint density at radius 3 is 2.42 bits per heavy atom. The summed E-state index contributed by atoms with van der Waals surface area (Å²) in [4.78, 5) is 3.89. The Kier molecular flexibility index (Phi) is 4.68. The number of hydrogen-bond donors (Lipinski definition) is 1. The summed E-state index contributed by atoms with van der Waals surface area (Å²) in [5.41, 5.74) is -1.63. The van der Waals surface area contributed by atoms with Gasteiger partial charge in [-0.25, -0.2) is 17.5 Å². The van der Waals surface area contributed by atoms with Crippen LogP contribution in [-0.2, 0) is 22.7 Å². The third-order valence-electron chi connectivity index (χ3n) is 3.72. The van der Waals surface area contributed by atoms with Crippen LogP contribution >= 0.6 is 0 Å². The fourth-order valence-electron chi connectivity index (χ4n) is 2.48. The van der Waals surface area contributed by atoms with Gasteiger partial charge < -0.3 is 0 Å². The van der Waals surface area contributed by atoms with Crippen molar-refractivity contribution in [3.8, 4) is 0 Å². The number of pyridine rings is 1. The average Bonchev–Trinajstić information content (AvgIpc) is 2.59. The Labute approximate surface area is 146 Å². The Balaban J connectivity index is 1.92. The molecule has 1 heterocycles. The van der Waals surface area contributed by atoms with Crippen molar-refractivity contribution in [2.24, 2.45) is 0 Å². The molecule has 1 aromatic heterocycles. The van der Waals surface area contributed by atoms with E-state index >= 15 is 0 Å². The van der Waals surface area contributed by atoms with Crippen molar-refractivity contribution < 1.29 is 26.0 Å². The Morgan fingerprint density at radius 1 is 1.00 bits per heavy atom. The van der Waals surface area contributed by atoms with Gasteiger partial charge in [-0.1, -0.05) is 30.3 Å². The van der Waals surface area contributed by atoms with Crippen molar-refractivity contribution in [3.63, 3.8) is 0 Å². The number of alkyl halides is 3. The molecule has 26 heavy (non-hydrogen) atoms. The quantitative estimate of drug-likeness (QED) is 0.695. The van der Waals surface area contributed by atoms with E-state index in [2.05, 4.69) is 9.71 Å². The van der Waals surface area contributed by atoms with E-state index in [0.717, 1.165) is 12.1 Å². The van der Waals surface area contributed by atoms with Crippen LogP contribution in [0.5, 0.6) is 0 Å². The number of nitrogens with zero attached hydrogens (tertiary/aromatic N) is 1. The number of aromatic nitrogens is 1. The van der Waals surface area contributed by atoms with Gasteiger partial charge in [0.1, 0.15) is 10.7 Å². The molecule has 3 aromatic rings. The lowest BCUT2D eigenvalue weighted by Crippen LogP contribution is -2.24. The third kappa shape index (κ3) is 3.54. The van der Waals surface area contributed by atoms with E-state index in [1.54, 1.807) is 18.2 Å². The van der Waals surface area contributed by atoms with Gasteiger partial charge in [-0.2, -0.15) is 13.2 Å². The monoisotopic (exact) mass is 384 g/mol. The molecular weight excluding hydrogens is 372 g/mol. The lowest BCUT2D eigenvalue weighted by molar-refractivity contribution is -0.140. The van der Waals surface area contributed by atoms with Gasteiger partial charge in [0.05, 0.1) is 11.1 Å². The van der Waals surface area contributed by atoms with E-state index in [9.17, 15) is 26.0 Å². The van der Waals surface area contributed by atoms with Crippen LogP contribution in [0.25, 0.3) is 10.9 Å². The van der Waals surface area contributed by atoms with Gasteiger partial charge in [0.2, 0.25) is 10.0 Å². The molecule has 0 saturated carbocycles.